The Morgan fingerprint density at radius 2 is 2.15 bits per heavy atom. The van der Waals surface area contributed by atoms with Crippen LogP contribution in [-0.2, 0) is 11.3 Å². The number of halogens is 1. The van der Waals surface area contributed by atoms with E-state index < -0.39 is 5.97 Å². The number of benzene rings is 1. The smallest absolute Gasteiger partial charge is 0.308 e. The molecule has 0 saturated heterocycles. The number of hydrogen-bond acceptors (Lipinski definition) is 4. The van der Waals surface area contributed by atoms with E-state index >= 15 is 0 Å². The standard InChI is InChI=1S/C19H20ClN3O3/c1-3-4-9-23-18(20)14(12(2)22-23)10-13(11-17(24)25)19-21-15-7-5-6-8-16(15)26-19/h5-8,10H,3-4,9,11H2,1-2H3,(H,24,25)/b13-10+. The Hall–Kier alpha value is -2.60. The van der Waals surface area contributed by atoms with Crippen molar-refractivity contribution in [2.24, 2.45) is 0 Å². The summed E-state index contributed by atoms with van der Waals surface area (Å²) in [5, 5.41) is 14.2. The molecule has 0 amide bonds. The van der Waals surface area contributed by atoms with Crippen LogP contribution in [0, 0.1) is 6.92 Å². The van der Waals surface area contributed by atoms with Crippen LogP contribution in [0.3, 0.4) is 0 Å². The summed E-state index contributed by atoms with van der Waals surface area (Å²) in [5.41, 5.74) is 3.18. The molecule has 0 saturated carbocycles. The second-order valence-electron chi connectivity index (χ2n) is 6.09. The second-order valence-corrected chi connectivity index (χ2v) is 6.45. The average molecular weight is 374 g/mol. The third-order valence-corrected chi connectivity index (χ3v) is 4.46. The summed E-state index contributed by atoms with van der Waals surface area (Å²) in [4.78, 5) is 15.8. The van der Waals surface area contributed by atoms with E-state index in [0.29, 0.717) is 27.4 Å². The van der Waals surface area contributed by atoms with Crippen molar-refractivity contribution >= 4 is 40.3 Å². The zero-order valence-corrected chi connectivity index (χ0v) is 15.5. The zero-order valence-electron chi connectivity index (χ0n) is 14.7. The van der Waals surface area contributed by atoms with E-state index in [-0.39, 0.29) is 12.3 Å². The molecule has 1 N–H and O–H groups in total. The van der Waals surface area contributed by atoms with Crippen LogP contribution in [0.25, 0.3) is 22.7 Å². The normalized spacial score (nSPS) is 12.0. The molecule has 0 aliphatic heterocycles. The quantitative estimate of drug-likeness (QED) is 0.643. The zero-order chi connectivity index (χ0) is 18.7. The molecule has 7 heteroatoms. The van der Waals surface area contributed by atoms with Gasteiger partial charge in [0.1, 0.15) is 10.7 Å². The summed E-state index contributed by atoms with van der Waals surface area (Å²) >= 11 is 6.47. The molecule has 2 aromatic heterocycles. The van der Waals surface area contributed by atoms with Crippen LogP contribution in [0.1, 0.15) is 43.3 Å². The molecular formula is C19H20ClN3O3. The van der Waals surface area contributed by atoms with Gasteiger partial charge in [-0.2, -0.15) is 5.10 Å². The van der Waals surface area contributed by atoms with Crippen LogP contribution in [0.4, 0.5) is 0 Å². The van der Waals surface area contributed by atoms with Crippen molar-refractivity contribution < 1.29 is 14.3 Å². The van der Waals surface area contributed by atoms with Crippen LogP contribution in [0.15, 0.2) is 28.7 Å². The Kier molecular flexibility index (Phi) is 5.42. The fourth-order valence-corrected chi connectivity index (χ4v) is 3.04. The lowest BCUT2D eigenvalue weighted by atomic mass is 10.1. The van der Waals surface area contributed by atoms with Crippen molar-refractivity contribution in [2.75, 3.05) is 0 Å². The van der Waals surface area contributed by atoms with E-state index in [4.69, 9.17) is 16.0 Å². The van der Waals surface area contributed by atoms with Gasteiger partial charge >= 0.3 is 5.97 Å². The highest BCUT2D eigenvalue weighted by molar-refractivity contribution is 6.31. The Bertz CT molecular complexity index is 939. The molecule has 0 radical (unpaired) electrons. The van der Waals surface area contributed by atoms with E-state index in [0.717, 1.165) is 25.1 Å². The van der Waals surface area contributed by atoms with Gasteiger partial charge < -0.3 is 9.52 Å². The van der Waals surface area contributed by atoms with Gasteiger partial charge in [-0.3, -0.25) is 9.48 Å². The maximum Gasteiger partial charge on any atom is 0.308 e. The minimum absolute atomic E-state index is 0.220. The first-order chi connectivity index (χ1) is 12.5. The van der Waals surface area contributed by atoms with Gasteiger partial charge in [0, 0.05) is 17.7 Å². The van der Waals surface area contributed by atoms with Gasteiger partial charge in [-0.25, -0.2) is 4.98 Å². The molecule has 3 rings (SSSR count). The lowest BCUT2D eigenvalue weighted by Gasteiger charge is -2.02. The van der Waals surface area contributed by atoms with Crippen molar-refractivity contribution in [1.29, 1.82) is 0 Å². The fourth-order valence-electron chi connectivity index (χ4n) is 2.72. The van der Waals surface area contributed by atoms with Crippen molar-refractivity contribution in [1.82, 2.24) is 14.8 Å². The van der Waals surface area contributed by atoms with Gasteiger partial charge in [-0.1, -0.05) is 37.1 Å². The van der Waals surface area contributed by atoms with Gasteiger partial charge in [0.2, 0.25) is 5.89 Å². The Labute approximate surface area is 156 Å². The number of aromatic nitrogens is 3. The van der Waals surface area contributed by atoms with Crippen molar-refractivity contribution in [3.05, 3.63) is 46.6 Å². The first-order valence-corrected chi connectivity index (χ1v) is 8.88. The molecular weight excluding hydrogens is 354 g/mol. The first-order valence-electron chi connectivity index (χ1n) is 8.50. The van der Waals surface area contributed by atoms with E-state index in [1.807, 2.05) is 25.1 Å². The van der Waals surface area contributed by atoms with Crippen molar-refractivity contribution in [3.8, 4) is 0 Å². The number of aryl methyl sites for hydroxylation is 2. The van der Waals surface area contributed by atoms with E-state index in [2.05, 4.69) is 17.0 Å². The van der Waals surface area contributed by atoms with E-state index in [1.54, 1.807) is 16.8 Å². The summed E-state index contributed by atoms with van der Waals surface area (Å²) in [6.07, 6.45) is 3.50. The fraction of sp³-hybridized carbons (Fsp3) is 0.316. The molecule has 0 spiro atoms. The number of carboxylic acid groups (broad SMARTS) is 1. The molecule has 3 aromatic rings. The number of hydrogen-bond donors (Lipinski definition) is 1. The number of nitrogens with zero attached hydrogens (tertiary/aromatic N) is 3. The summed E-state index contributed by atoms with van der Waals surface area (Å²) in [5.74, 6) is -0.684. The van der Waals surface area contributed by atoms with Gasteiger partial charge in [0.05, 0.1) is 12.1 Å². The number of aliphatic carboxylic acids is 1. The summed E-state index contributed by atoms with van der Waals surface area (Å²) in [6, 6.07) is 7.32. The van der Waals surface area contributed by atoms with Gasteiger partial charge in [0.15, 0.2) is 5.58 Å². The lowest BCUT2D eigenvalue weighted by molar-refractivity contribution is -0.135. The summed E-state index contributed by atoms with van der Waals surface area (Å²) in [7, 11) is 0. The molecule has 136 valence electrons. The monoisotopic (exact) mass is 373 g/mol. The molecule has 1 aromatic carbocycles. The minimum Gasteiger partial charge on any atom is -0.481 e. The molecule has 6 nitrogen and oxygen atoms in total. The van der Waals surface area contributed by atoms with Crippen LogP contribution >= 0.6 is 11.6 Å². The Morgan fingerprint density at radius 3 is 2.85 bits per heavy atom. The molecule has 0 atom stereocenters. The number of fused-ring (bicyclic) bond motifs is 1. The molecule has 0 fully saturated rings. The number of rotatable bonds is 7. The number of para-hydroxylation sites is 2. The van der Waals surface area contributed by atoms with E-state index in [9.17, 15) is 9.90 Å². The SMILES string of the molecule is CCCCn1nc(C)c(/C=C(\CC(=O)O)c2nc3ccccc3o2)c1Cl. The van der Waals surface area contributed by atoms with Gasteiger partial charge in [0.25, 0.3) is 0 Å². The number of carboxylic acids is 1. The molecule has 0 unspecified atom stereocenters. The Balaban J connectivity index is 2.05. The Morgan fingerprint density at radius 1 is 1.38 bits per heavy atom. The van der Waals surface area contributed by atoms with Crippen LogP contribution in [0.2, 0.25) is 5.15 Å². The predicted octanol–water partition coefficient (Wildman–Crippen LogP) is 4.80. The highest BCUT2D eigenvalue weighted by atomic mass is 35.5. The van der Waals surface area contributed by atoms with Crippen molar-refractivity contribution in [3.63, 3.8) is 0 Å². The minimum atomic E-state index is -0.967. The summed E-state index contributed by atoms with van der Waals surface area (Å²) < 4.78 is 7.49. The number of unbranched alkanes of at least 4 members (excludes halogenated alkanes) is 1. The van der Waals surface area contributed by atoms with Crippen molar-refractivity contribution in [2.45, 2.75) is 39.7 Å². The van der Waals surface area contributed by atoms with Gasteiger partial charge in [-0.05, 0) is 31.6 Å². The maximum absolute atomic E-state index is 11.3. The highest BCUT2D eigenvalue weighted by Crippen LogP contribution is 2.29. The van der Waals surface area contributed by atoms with Crippen LogP contribution < -0.4 is 0 Å². The summed E-state index contributed by atoms with van der Waals surface area (Å²) in [6.45, 7) is 4.68. The largest absolute Gasteiger partial charge is 0.481 e. The predicted molar refractivity (Wildman–Crippen MR) is 101 cm³/mol. The first kappa shape index (κ1) is 18.2. The molecule has 0 bridgehead atoms. The highest BCUT2D eigenvalue weighted by Gasteiger charge is 2.18. The number of oxazole rings is 1. The molecule has 26 heavy (non-hydrogen) atoms. The lowest BCUT2D eigenvalue weighted by Crippen LogP contribution is -2.00. The third-order valence-electron chi connectivity index (χ3n) is 4.06. The maximum atomic E-state index is 11.3. The number of carbonyl (C=O) groups is 1. The van der Waals surface area contributed by atoms with Crippen LogP contribution in [-0.4, -0.2) is 25.8 Å². The van der Waals surface area contributed by atoms with Crippen LogP contribution in [0.5, 0.6) is 0 Å². The van der Waals surface area contributed by atoms with E-state index in [1.165, 1.54) is 0 Å². The average Bonchev–Trinajstić information content (AvgIpc) is 3.15. The topological polar surface area (TPSA) is 81.2 Å². The molecule has 2 heterocycles. The third kappa shape index (κ3) is 3.80. The second kappa shape index (κ2) is 7.74. The molecule has 0 aliphatic rings. The van der Waals surface area contributed by atoms with Gasteiger partial charge in [-0.15, -0.1) is 0 Å². The molecule has 0 aliphatic carbocycles.